The van der Waals surface area contributed by atoms with Crippen LogP contribution in [-0.2, 0) is 0 Å². The zero-order valence-electron chi connectivity index (χ0n) is 11.8. The van der Waals surface area contributed by atoms with Gasteiger partial charge in [-0.25, -0.2) is 0 Å². The molecule has 0 aliphatic rings. The lowest BCUT2D eigenvalue weighted by molar-refractivity contribution is 0.0949. The Kier molecular flexibility index (Phi) is 5.69. The highest BCUT2D eigenvalue weighted by Crippen LogP contribution is 2.16. The Morgan fingerprint density at radius 1 is 1.33 bits per heavy atom. The molecule has 0 heterocycles. The van der Waals surface area contributed by atoms with Crippen LogP contribution in [0.25, 0.3) is 0 Å². The first-order valence-corrected chi connectivity index (χ1v) is 6.67. The average Bonchev–Trinajstić information content (AvgIpc) is 2.34. The average molecular weight is 248 g/mol. The lowest BCUT2D eigenvalue weighted by atomic mass is 10.1. The predicted molar refractivity (Wildman–Crippen MR) is 77.1 cm³/mol. The fourth-order valence-corrected chi connectivity index (χ4v) is 1.66. The monoisotopic (exact) mass is 248 g/mol. The van der Waals surface area contributed by atoms with Crippen LogP contribution >= 0.6 is 0 Å². The third-order valence-electron chi connectivity index (χ3n) is 2.72. The minimum Gasteiger partial charge on any atom is -0.385 e. The van der Waals surface area contributed by atoms with Crippen molar-refractivity contribution in [1.82, 2.24) is 5.32 Å². The Hall–Kier alpha value is -1.51. The lowest BCUT2D eigenvalue weighted by Crippen LogP contribution is -2.27. The molecular formula is C15H24N2O. The fourth-order valence-electron chi connectivity index (χ4n) is 1.66. The van der Waals surface area contributed by atoms with Gasteiger partial charge < -0.3 is 10.6 Å². The van der Waals surface area contributed by atoms with E-state index in [1.165, 1.54) is 0 Å². The van der Waals surface area contributed by atoms with Gasteiger partial charge in [0.05, 0.1) is 0 Å². The zero-order valence-corrected chi connectivity index (χ0v) is 11.8. The van der Waals surface area contributed by atoms with Gasteiger partial charge >= 0.3 is 0 Å². The van der Waals surface area contributed by atoms with Gasteiger partial charge in [0.25, 0.3) is 5.91 Å². The molecule has 0 aromatic heterocycles. The summed E-state index contributed by atoms with van der Waals surface area (Å²) in [6, 6.07) is 5.80. The van der Waals surface area contributed by atoms with Gasteiger partial charge in [-0.15, -0.1) is 0 Å². The standard InChI is InChI=1S/C15H24N2O/c1-5-8-16-14-7-6-13(9-12(14)4)15(18)17-10-11(2)3/h6-7,9,11,16H,5,8,10H2,1-4H3,(H,17,18). The van der Waals surface area contributed by atoms with E-state index >= 15 is 0 Å². The highest BCUT2D eigenvalue weighted by Gasteiger charge is 2.07. The number of nitrogens with one attached hydrogen (secondary N) is 2. The molecule has 0 saturated heterocycles. The molecule has 100 valence electrons. The van der Waals surface area contributed by atoms with Gasteiger partial charge in [0.15, 0.2) is 0 Å². The molecule has 0 spiro atoms. The van der Waals surface area contributed by atoms with Gasteiger partial charge in [-0.1, -0.05) is 20.8 Å². The SMILES string of the molecule is CCCNc1ccc(C(=O)NCC(C)C)cc1C. The molecule has 0 saturated carbocycles. The second-order valence-corrected chi connectivity index (χ2v) is 5.06. The van der Waals surface area contributed by atoms with Gasteiger partial charge in [0.2, 0.25) is 0 Å². The van der Waals surface area contributed by atoms with E-state index in [4.69, 9.17) is 0 Å². The molecule has 0 atom stereocenters. The summed E-state index contributed by atoms with van der Waals surface area (Å²) in [5.41, 5.74) is 2.95. The van der Waals surface area contributed by atoms with Crippen LogP contribution in [0.2, 0.25) is 0 Å². The second-order valence-electron chi connectivity index (χ2n) is 5.06. The van der Waals surface area contributed by atoms with Crippen LogP contribution in [0.1, 0.15) is 43.1 Å². The molecule has 0 fully saturated rings. The molecule has 0 aliphatic carbocycles. The highest BCUT2D eigenvalue weighted by atomic mass is 16.1. The summed E-state index contributed by atoms with van der Waals surface area (Å²) in [4.78, 5) is 11.9. The van der Waals surface area contributed by atoms with Crippen molar-refractivity contribution in [2.24, 2.45) is 5.92 Å². The Labute approximate surface area is 110 Å². The number of anilines is 1. The first-order valence-electron chi connectivity index (χ1n) is 6.67. The molecule has 3 heteroatoms. The van der Waals surface area contributed by atoms with E-state index in [2.05, 4.69) is 31.4 Å². The second kappa shape index (κ2) is 7.04. The molecule has 0 bridgehead atoms. The van der Waals surface area contributed by atoms with Crippen molar-refractivity contribution in [3.05, 3.63) is 29.3 Å². The number of aryl methyl sites for hydroxylation is 1. The first-order chi connectivity index (χ1) is 8.54. The Morgan fingerprint density at radius 2 is 2.06 bits per heavy atom. The summed E-state index contributed by atoms with van der Waals surface area (Å²) in [7, 11) is 0. The summed E-state index contributed by atoms with van der Waals surface area (Å²) in [6.07, 6.45) is 1.09. The van der Waals surface area contributed by atoms with E-state index < -0.39 is 0 Å². The largest absolute Gasteiger partial charge is 0.385 e. The van der Waals surface area contributed by atoms with Gasteiger partial charge in [-0.2, -0.15) is 0 Å². The molecule has 2 N–H and O–H groups in total. The lowest BCUT2D eigenvalue weighted by Gasteiger charge is -2.11. The maximum absolute atomic E-state index is 11.9. The quantitative estimate of drug-likeness (QED) is 0.811. The van der Waals surface area contributed by atoms with Gasteiger partial charge in [0, 0.05) is 24.3 Å². The van der Waals surface area contributed by atoms with Crippen molar-refractivity contribution < 1.29 is 4.79 Å². The fraction of sp³-hybridized carbons (Fsp3) is 0.533. The van der Waals surface area contributed by atoms with Gasteiger partial charge in [-0.3, -0.25) is 4.79 Å². The summed E-state index contributed by atoms with van der Waals surface area (Å²) < 4.78 is 0. The van der Waals surface area contributed by atoms with E-state index in [1.807, 2.05) is 25.1 Å². The molecule has 1 amide bonds. The van der Waals surface area contributed by atoms with Crippen LogP contribution < -0.4 is 10.6 Å². The van der Waals surface area contributed by atoms with Crippen LogP contribution in [-0.4, -0.2) is 19.0 Å². The zero-order chi connectivity index (χ0) is 13.5. The molecule has 0 unspecified atom stereocenters. The van der Waals surface area contributed by atoms with Crippen molar-refractivity contribution in [2.45, 2.75) is 34.1 Å². The normalized spacial score (nSPS) is 10.5. The summed E-state index contributed by atoms with van der Waals surface area (Å²) in [5.74, 6) is 0.481. The smallest absolute Gasteiger partial charge is 0.251 e. The molecular weight excluding hydrogens is 224 g/mol. The van der Waals surface area contributed by atoms with Crippen LogP contribution in [0.3, 0.4) is 0 Å². The van der Waals surface area contributed by atoms with Crippen molar-refractivity contribution in [1.29, 1.82) is 0 Å². The third kappa shape index (κ3) is 4.40. The number of carbonyl (C=O) groups is 1. The topological polar surface area (TPSA) is 41.1 Å². The van der Waals surface area contributed by atoms with Crippen molar-refractivity contribution in [3.63, 3.8) is 0 Å². The maximum atomic E-state index is 11.9. The molecule has 3 nitrogen and oxygen atoms in total. The first kappa shape index (κ1) is 14.6. The molecule has 0 radical (unpaired) electrons. The summed E-state index contributed by atoms with van der Waals surface area (Å²) in [6.45, 7) is 10.0. The van der Waals surface area contributed by atoms with Crippen LogP contribution in [0.5, 0.6) is 0 Å². The maximum Gasteiger partial charge on any atom is 0.251 e. The minimum absolute atomic E-state index is 0.00819. The number of hydrogen-bond acceptors (Lipinski definition) is 2. The Balaban J connectivity index is 2.68. The van der Waals surface area contributed by atoms with Crippen molar-refractivity contribution in [2.75, 3.05) is 18.4 Å². The van der Waals surface area contributed by atoms with E-state index in [-0.39, 0.29) is 5.91 Å². The van der Waals surface area contributed by atoms with E-state index in [0.29, 0.717) is 12.5 Å². The number of amides is 1. The van der Waals surface area contributed by atoms with Crippen LogP contribution in [0, 0.1) is 12.8 Å². The third-order valence-corrected chi connectivity index (χ3v) is 2.72. The Morgan fingerprint density at radius 3 is 2.61 bits per heavy atom. The molecule has 1 aromatic rings. The van der Waals surface area contributed by atoms with Gasteiger partial charge in [0.1, 0.15) is 0 Å². The number of carbonyl (C=O) groups excluding carboxylic acids is 1. The molecule has 1 rings (SSSR count). The highest BCUT2D eigenvalue weighted by molar-refractivity contribution is 5.94. The minimum atomic E-state index is 0.00819. The van der Waals surface area contributed by atoms with E-state index in [0.717, 1.165) is 29.8 Å². The van der Waals surface area contributed by atoms with Crippen molar-refractivity contribution >= 4 is 11.6 Å². The number of hydrogen-bond donors (Lipinski definition) is 2. The van der Waals surface area contributed by atoms with E-state index in [9.17, 15) is 4.79 Å². The van der Waals surface area contributed by atoms with E-state index in [1.54, 1.807) is 0 Å². The summed E-state index contributed by atoms with van der Waals surface area (Å²) >= 11 is 0. The predicted octanol–water partition coefficient (Wildman–Crippen LogP) is 3.20. The molecule has 0 aliphatic heterocycles. The summed E-state index contributed by atoms with van der Waals surface area (Å²) in [5, 5.41) is 6.28. The number of benzene rings is 1. The van der Waals surface area contributed by atoms with Crippen molar-refractivity contribution in [3.8, 4) is 0 Å². The Bertz CT molecular complexity index is 399. The van der Waals surface area contributed by atoms with Crippen LogP contribution in [0.15, 0.2) is 18.2 Å². The number of rotatable bonds is 6. The molecule has 1 aromatic carbocycles. The van der Waals surface area contributed by atoms with Crippen LogP contribution in [0.4, 0.5) is 5.69 Å². The van der Waals surface area contributed by atoms with Gasteiger partial charge in [-0.05, 0) is 43.0 Å². The molecule has 18 heavy (non-hydrogen) atoms.